The van der Waals surface area contributed by atoms with Crippen molar-refractivity contribution in [2.45, 2.75) is 6.42 Å². The van der Waals surface area contributed by atoms with E-state index < -0.39 is 0 Å². The summed E-state index contributed by atoms with van der Waals surface area (Å²) in [7, 11) is 1.66. The highest BCUT2D eigenvalue weighted by atomic mass is 35.5. The number of benzene rings is 1. The minimum atomic E-state index is 0. The van der Waals surface area contributed by atoms with Crippen LogP contribution in [-0.4, -0.2) is 50.7 Å². The first-order chi connectivity index (χ1) is 10.8. The molecule has 1 N–H and O–H groups in total. The third kappa shape index (κ3) is 4.14. The van der Waals surface area contributed by atoms with Crippen LogP contribution in [0.3, 0.4) is 0 Å². The first kappa shape index (κ1) is 18.0. The van der Waals surface area contributed by atoms with Gasteiger partial charge in [-0.3, -0.25) is 0 Å². The van der Waals surface area contributed by atoms with Crippen LogP contribution in [0.2, 0.25) is 0 Å². The van der Waals surface area contributed by atoms with Crippen molar-refractivity contribution in [1.82, 2.24) is 10.2 Å². The Balaban J connectivity index is 0.00000192. The Labute approximate surface area is 146 Å². The third-order valence-corrected chi connectivity index (χ3v) is 5.08. The minimum Gasteiger partial charge on any atom is -0.497 e. The van der Waals surface area contributed by atoms with Crippen LogP contribution in [0, 0.1) is 0 Å². The van der Waals surface area contributed by atoms with E-state index in [1.54, 1.807) is 18.4 Å². The van der Waals surface area contributed by atoms with Crippen molar-refractivity contribution in [2.75, 3.05) is 39.8 Å². The lowest BCUT2D eigenvalue weighted by molar-refractivity contribution is 0.246. The smallest absolute Gasteiger partial charge is 0.128 e. The number of piperazine rings is 1. The van der Waals surface area contributed by atoms with Gasteiger partial charge in [0.1, 0.15) is 11.7 Å². The summed E-state index contributed by atoms with van der Waals surface area (Å²) < 4.78 is 6.47. The number of thiophene rings is 1. The Hall–Kier alpha value is -1.36. The van der Waals surface area contributed by atoms with E-state index in [1.807, 2.05) is 18.2 Å². The molecule has 0 atom stereocenters. The molecule has 1 aromatic carbocycles. The lowest BCUT2D eigenvalue weighted by Crippen LogP contribution is -2.43. The normalized spacial score (nSPS) is 15.0. The van der Waals surface area contributed by atoms with Crippen LogP contribution in [-0.2, 0) is 4.79 Å². The number of nitrogens with one attached hydrogen (secondary N) is 1. The molecule has 0 aliphatic carbocycles. The van der Waals surface area contributed by atoms with Gasteiger partial charge in [-0.15, -0.1) is 23.7 Å². The van der Waals surface area contributed by atoms with Gasteiger partial charge in [0.25, 0.3) is 0 Å². The zero-order valence-corrected chi connectivity index (χ0v) is 14.8. The molecule has 1 aromatic heterocycles. The first-order valence-corrected chi connectivity index (χ1v) is 8.42. The van der Waals surface area contributed by atoms with Crippen LogP contribution >= 0.6 is 23.7 Å². The summed E-state index contributed by atoms with van der Waals surface area (Å²) in [6, 6.07) is 6.00. The summed E-state index contributed by atoms with van der Waals surface area (Å²) in [5, 5.41) is 6.49. The molecular weight excluding hydrogens is 332 g/mol. The second-order valence-corrected chi connectivity index (χ2v) is 6.34. The van der Waals surface area contributed by atoms with Crippen LogP contribution in [0.25, 0.3) is 15.7 Å². The predicted octanol–water partition coefficient (Wildman–Crippen LogP) is 2.84. The molecule has 1 aliphatic rings. The standard InChI is InChI=1S/C17H20N2O2S.ClH/c1-21-14-2-3-17-15(10-14)16(12-22-17)13(11-20)4-7-19-8-5-18-6-9-19;/h2-3,10,12,18H,4-9H2,1H3;1H. The molecule has 124 valence electrons. The molecule has 0 saturated carbocycles. The molecule has 1 saturated heterocycles. The van der Waals surface area contributed by atoms with Crippen LogP contribution in [0.15, 0.2) is 23.6 Å². The fourth-order valence-corrected chi connectivity index (χ4v) is 3.77. The maximum Gasteiger partial charge on any atom is 0.128 e. The average Bonchev–Trinajstić information content (AvgIpc) is 2.99. The van der Waals surface area contributed by atoms with Gasteiger partial charge in [0.05, 0.1) is 7.11 Å². The highest BCUT2D eigenvalue weighted by Crippen LogP contribution is 2.33. The average molecular weight is 353 g/mol. The van der Waals surface area contributed by atoms with Gasteiger partial charge in [0, 0.05) is 59.3 Å². The van der Waals surface area contributed by atoms with E-state index in [4.69, 9.17) is 4.74 Å². The van der Waals surface area contributed by atoms with Gasteiger partial charge in [-0.2, -0.15) is 0 Å². The van der Waals surface area contributed by atoms with Gasteiger partial charge < -0.3 is 15.0 Å². The number of hydrogen-bond acceptors (Lipinski definition) is 5. The topological polar surface area (TPSA) is 41.6 Å². The van der Waals surface area contributed by atoms with Gasteiger partial charge in [-0.05, 0) is 24.6 Å². The van der Waals surface area contributed by atoms with Crippen molar-refractivity contribution in [3.8, 4) is 5.75 Å². The molecule has 4 nitrogen and oxygen atoms in total. The Morgan fingerprint density at radius 2 is 2.17 bits per heavy atom. The quantitative estimate of drug-likeness (QED) is 0.840. The Morgan fingerprint density at radius 1 is 1.39 bits per heavy atom. The molecular formula is C17H21ClN2O2S. The summed E-state index contributed by atoms with van der Waals surface area (Å²) >= 11 is 1.66. The highest BCUT2D eigenvalue weighted by molar-refractivity contribution is 7.17. The minimum absolute atomic E-state index is 0. The van der Waals surface area contributed by atoms with Crippen molar-refractivity contribution in [3.63, 3.8) is 0 Å². The summed E-state index contributed by atoms with van der Waals surface area (Å²) in [6.45, 7) is 5.06. The molecule has 1 aliphatic heterocycles. The summed E-state index contributed by atoms with van der Waals surface area (Å²) in [6.07, 6.45) is 0.743. The molecule has 0 radical (unpaired) electrons. The maximum absolute atomic E-state index is 11.5. The molecule has 2 aromatic rings. The maximum atomic E-state index is 11.5. The molecule has 6 heteroatoms. The van der Waals surface area contributed by atoms with Gasteiger partial charge >= 0.3 is 0 Å². The summed E-state index contributed by atoms with van der Waals surface area (Å²) in [5.74, 6) is 2.98. The SMILES string of the molecule is COc1ccc2scc(C(=C=O)CCN3CCNCC3)c2c1.Cl. The Kier molecular flexibility index (Phi) is 6.63. The van der Waals surface area contributed by atoms with Crippen molar-refractivity contribution in [3.05, 3.63) is 29.1 Å². The number of nitrogens with zero attached hydrogens (tertiary/aromatic N) is 1. The van der Waals surface area contributed by atoms with Crippen molar-refractivity contribution >= 4 is 45.3 Å². The number of rotatable bonds is 5. The van der Waals surface area contributed by atoms with E-state index in [0.717, 1.165) is 61.4 Å². The number of methoxy groups -OCH3 is 1. The predicted molar refractivity (Wildman–Crippen MR) is 98.7 cm³/mol. The highest BCUT2D eigenvalue weighted by Gasteiger charge is 2.14. The van der Waals surface area contributed by atoms with Crippen LogP contribution in [0.1, 0.15) is 12.0 Å². The van der Waals surface area contributed by atoms with E-state index >= 15 is 0 Å². The van der Waals surface area contributed by atoms with E-state index in [9.17, 15) is 4.79 Å². The fraction of sp³-hybridized carbons (Fsp3) is 0.412. The van der Waals surface area contributed by atoms with Crippen LogP contribution in [0.5, 0.6) is 5.75 Å². The van der Waals surface area contributed by atoms with Gasteiger partial charge in [0.15, 0.2) is 0 Å². The zero-order valence-electron chi connectivity index (χ0n) is 13.1. The lowest BCUT2D eigenvalue weighted by atomic mass is 10.0. The summed E-state index contributed by atoms with van der Waals surface area (Å²) in [5.41, 5.74) is 1.77. The molecule has 0 bridgehead atoms. The van der Waals surface area contributed by atoms with E-state index in [0.29, 0.717) is 0 Å². The molecule has 0 amide bonds. The second kappa shape index (κ2) is 8.48. The number of ether oxygens (including phenoxy) is 1. The number of halogens is 1. The molecule has 3 rings (SSSR count). The van der Waals surface area contributed by atoms with E-state index in [-0.39, 0.29) is 12.4 Å². The van der Waals surface area contributed by atoms with Gasteiger partial charge in [-0.1, -0.05) is 0 Å². The lowest BCUT2D eigenvalue weighted by Gasteiger charge is -2.27. The van der Waals surface area contributed by atoms with Crippen molar-refractivity contribution in [2.24, 2.45) is 0 Å². The molecule has 2 heterocycles. The molecule has 1 fully saturated rings. The fourth-order valence-electron chi connectivity index (χ4n) is 2.81. The Morgan fingerprint density at radius 3 is 2.87 bits per heavy atom. The monoisotopic (exact) mass is 352 g/mol. The molecule has 0 unspecified atom stereocenters. The Bertz CT molecular complexity index is 704. The molecule has 0 spiro atoms. The number of carbonyl (C=O) groups excluding carboxylic acids is 1. The zero-order chi connectivity index (χ0) is 15.4. The van der Waals surface area contributed by atoms with Gasteiger partial charge in [-0.25, -0.2) is 4.79 Å². The van der Waals surface area contributed by atoms with Gasteiger partial charge in [0.2, 0.25) is 0 Å². The van der Waals surface area contributed by atoms with E-state index in [1.165, 1.54) is 4.70 Å². The van der Waals surface area contributed by atoms with Crippen LogP contribution < -0.4 is 10.1 Å². The van der Waals surface area contributed by atoms with Crippen LogP contribution in [0.4, 0.5) is 0 Å². The molecule has 23 heavy (non-hydrogen) atoms. The largest absolute Gasteiger partial charge is 0.497 e. The third-order valence-electron chi connectivity index (χ3n) is 4.12. The van der Waals surface area contributed by atoms with Crippen molar-refractivity contribution in [1.29, 1.82) is 0 Å². The number of fused-ring (bicyclic) bond motifs is 1. The van der Waals surface area contributed by atoms with E-state index in [2.05, 4.69) is 21.5 Å². The van der Waals surface area contributed by atoms with Crippen molar-refractivity contribution < 1.29 is 9.53 Å². The number of hydrogen-bond donors (Lipinski definition) is 1. The first-order valence-electron chi connectivity index (χ1n) is 7.54. The second-order valence-electron chi connectivity index (χ2n) is 5.43. The summed E-state index contributed by atoms with van der Waals surface area (Å²) in [4.78, 5) is 13.8.